The first-order valence-corrected chi connectivity index (χ1v) is 10.9. The number of rotatable bonds is 4. The van der Waals surface area contributed by atoms with Crippen molar-refractivity contribution in [1.82, 2.24) is 14.5 Å². The molecule has 2 atom stereocenters. The van der Waals surface area contributed by atoms with Crippen LogP contribution in [0.4, 0.5) is 4.39 Å². The summed E-state index contributed by atoms with van der Waals surface area (Å²) < 4.78 is 21.4. The van der Waals surface area contributed by atoms with Gasteiger partial charge in [-0.1, -0.05) is 30.3 Å². The molecule has 2 unspecified atom stereocenters. The van der Waals surface area contributed by atoms with Crippen LogP contribution in [0.5, 0.6) is 0 Å². The fourth-order valence-electron chi connectivity index (χ4n) is 4.34. The van der Waals surface area contributed by atoms with Crippen LogP contribution in [0.1, 0.15) is 18.9 Å². The van der Waals surface area contributed by atoms with E-state index in [0.717, 1.165) is 23.3 Å². The Morgan fingerprint density at radius 3 is 2.78 bits per heavy atom. The third-order valence-electron chi connectivity index (χ3n) is 6.02. The Morgan fingerprint density at radius 1 is 1.19 bits per heavy atom. The van der Waals surface area contributed by atoms with Crippen molar-refractivity contribution in [2.45, 2.75) is 39.1 Å². The topological polar surface area (TPSA) is 59.7 Å². The molecule has 7 heteroatoms. The highest BCUT2D eigenvalue weighted by atomic mass is 19.1. The minimum atomic E-state index is -0.247. The minimum Gasteiger partial charge on any atom is -0.348 e. The molecule has 0 spiro atoms. The van der Waals surface area contributed by atoms with Crippen LogP contribution in [0, 0.1) is 12.7 Å². The van der Waals surface area contributed by atoms with Gasteiger partial charge in [0.1, 0.15) is 30.5 Å². The number of hydrogen-bond acceptors (Lipinski definition) is 4. The lowest BCUT2D eigenvalue weighted by Gasteiger charge is -2.30. The zero-order valence-electron chi connectivity index (χ0n) is 18.2. The molecule has 0 aliphatic carbocycles. The summed E-state index contributed by atoms with van der Waals surface area (Å²) in [7, 11) is 0. The lowest BCUT2D eigenvalue weighted by atomic mass is 10.1. The molecule has 2 aromatic carbocycles. The number of halogens is 1. The highest BCUT2D eigenvalue weighted by Crippen LogP contribution is 2.27. The summed E-state index contributed by atoms with van der Waals surface area (Å²) in [5.41, 5.74) is 3.96. The number of imidazole rings is 1. The summed E-state index contributed by atoms with van der Waals surface area (Å²) in [6.45, 7) is 4.98. The molecule has 5 rings (SSSR count). The Balaban J connectivity index is 1.44. The molecule has 0 saturated carbocycles. The Bertz CT molecular complexity index is 1190. The maximum atomic E-state index is 13.8. The van der Waals surface area contributed by atoms with Crippen LogP contribution in [0.3, 0.4) is 0 Å². The van der Waals surface area contributed by atoms with Gasteiger partial charge < -0.3 is 14.2 Å². The third-order valence-corrected chi connectivity index (χ3v) is 6.02. The van der Waals surface area contributed by atoms with E-state index in [0.29, 0.717) is 30.2 Å². The largest absolute Gasteiger partial charge is 0.348 e. The first kappa shape index (κ1) is 20.6. The van der Waals surface area contributed by atoms with Gasteiger partial charge in [0.15, 0.2) is 0 Å². The van der Waals surface area contributed by atoms with E-state index in [2.05, 4.69) is 4.99 Å². The number of aliphatic imine (C=N–C) groups is 1. The van der Waals surface area contributed by atoms with Gasteiger partial charge in [0, 0.05) is 23.9 Å². The monoisotopic (exact) mass is 432 g/mol. The molecule has 2 aliphatic heterocycles. The molecule has 1 fully saturated rings. The van der Waals surface area contributed by atoms with Crippen molar-refractivity contribution in [3.63, 3.8) is 0 Å². The highest BCUT2D eigenvalue weighted by molar-refractivity contribution is 5.95. The van der Waals surface area contributed by atoms with Crippen molar-refractivity contribution in [2.75, 3.05) is 13.1 Å². The molecular weight excluding hydrogens is 407 g/mol. The van der Waals surface area contributed by atoms with Crippen molar-refractivity contribution < 1.29 is 13.9 Å². The van der Waals surface area contributed by atoms with E-state index in [9.17, 15) is 9.18 Å². The van der Waals surface area contributed by atoms with Crippen molar-refractivity contribution in [1.29, 1.82) is 0 Å². The lowest BCUT2D eigenvalue weighted by Crippen LogP contribution is -2.46. The summed E-state index contributed by atoms with van der Waals surface area (Å²) in [5, 5.41) is 0. The maximum absolute atomic E-state index is 13.8. The number of amides is 1. The van der Waals surface area contributed by atoms with E-state index in [1.165, 1.54) is 6.07 Å². The number of fused-ring (bicyclic) bond motifs is 1. The molecule has 164 valence electrons. The SMILES string of the molecule is Cc1cc(-c2cn(CC(=O)N3CCC4OC(C)N=C4C3)c(-c3ccccc3)n2)ccc1F. The fourth-order valence-corrected chi connectivity index (χ4v) is 4.34. The number of ether oxygens (including phenoxy) is 1. The van der Waals surface area contributed by atoms with Gasteiger partial charge in [0.25, 0.3) is 0 Å². The van der Waals surface area contributed by atoms with Crippen LogP contribution in [-0.2, 0) is 16.1 Å². The second kappa shape index (κ2) is 8.31. The molecule has 1 saturated heterocycles. The van der Waals surface area contributed by atoms with E-state index >= 15 is 0 Å². The van der Waals surface area contributed by atoms with Gasteiger partial charge in [-0.2, -0.15) is 0 Å². The van der Waals surface area contributed by atoms with Crippen molar-refractivity contribution in [3.8, 4) is 22.6 Å². The van der Waals surface area contributed by atoms with Gasteiger partial charge in [-0.3, -0.25) is 9.79 Å². The highest BCUT2D eigenvalue weighted by Gasteiger charge is 2.33. The molecule has 6 nitrogen and oxygen atoms in total. The molecule has 3 heterocycles. The van der Waals surface area contributed by atoms with Crippen LogP contribution >= 0.6 is 0 Å². The molecule has 2 aliphatic rings. The molecule has 32 heavy (non-hydrogen) atoms. The Labute approximate surface area is 186 Å². The lowest BCUT2D eigenvalue weighted by molar-refractivity contribution is -0.131. The standard InChI is InChI=1S/C25H25FN4O2/c1-16-12-19(8-9-20(16)26)21-13-30(25(28-21)18-6-4-3-5-7-18)15-24(31)29-11-10-23-22(14-29)27-17(2)32-23/h3-9,12-13,17,23H,10-11,14-15H2,1-2H3. The molecule has 3 aromatic rings. The smallest absolute Gasteiger partial charge is 0.242 e. The predicted octanol–water partition coefficient (Wildman–Crippen LogP) is 4.08. The minimum absolute atomic E-state index is 0.0159. The van der Waals surface area contributed by atoms with Gasteiger partial charge in [0.2, 0.25) is 5.91 Å². The van der Waals surface area contributed by atoms with E-state index < -0.39 is 0 Å². The molecule has 0 N–H and O–H groups in total. The predicted molar refractivity (Wildman–Crippen MR) is 121 cm³/mol. The number of hydrogen-bond donors (Lipinski definition) is 0. The van der Waals surface area contributed by atoms with E-state index in [4.69, 9.17) is 9.72 Å². The first-order valence-electron chi connectivity index (χ1n) is 10.9. The van der Waals surface area contributed by atoms with Crippen LogP contribution in [0.2, 0.25) is 0 Å². The number of piperidine rings is 1. The van der Waals surface area contributed by atoms with E-state index in [1.807, 2.05) is 52.9 Å². The fraction of sp³-hybridized carbons (Fsp3) is 0.320. The number of aryl methyl sites for hydroxylation is 1. The zero-order chi connectivity index (χ0) is 22.2. The summed E-state index contributed by atoms with van der Waals surface area (Å²) >= 11 is 0. The third kappa shape index (κ3) is 3.96. The average Bonchev–Trinajstić information content (AvgIpc) is 3.38. The van der Waals surface area contributed by atoms with Crippen LogP contribution in [-0.4, -0.2) is 51.5 Å². The maximum Gasteiger partial charge on any atom is 0.242 e. The van der Waals surface area contributed by atoms with Crippen molar-refractivity contribution in [2.24, 2.45) is 4.99 Å². The number of carbonyl (C=O) groups excluding carboxylic acids is 1. The quantitative estimate of drug-likeness (QED) is 0.624. The molecular formula is C25H25FN4O2. The Morgan fingerprint density at radius 2 is 2.00 bits per heavy atom. The van der Waals surface area contributed by atoms with Gasteiger partial charge in [-0.05, 0) is 44.0 Å². The summed E-state index contributed by atoms with van der Waals surface area (Å²) in [6, 6.07) is 14.7. The Hall–Kier alpha value is -3.32. The number of likely N-dealkylation sites (tertiary alicyclic amines) is 1. The zero-order valence-corrected chi connectivity index (χ0v) is 18.2. The normalized spacial score (nSPS) is 20.2. The van der Waals surface area contributed by atoms with Gasteiger partial charge in [-0.15, -0.1) is 0 Å². The average molecular weight is 432 g/mol. The van der Waals surface area contributed by atoms with Gasteiger partial charge in [0.05, 0.1) is 18.0 Å². The first-order chi connectivity index (χ1) is 15.5. The van der Waals surface area contributed by atoms with Crippen molar-refractivity contribution >= 4 is 11.6 Å². The van der Waals surface area contributed by atoms with Crippen LogP contribution in [0.25, 0.3) is 22.6 Å². The second-order valence-corrected chi connectivity index (χ2v) is 8.36. The van der Waals surface area contributed by atoms with E-state index in [-0.39, 0.29) is 30.6 Å². The van der Waals surface area contributed by atoms with Gasteiger partial charge >= 0.3 is 0 Å². The molecule has 0 bridgehead atoms. The number of aromatic nitrogens is 2. The second-order valence-electron chi connectivity index (χ2n) is 8.36. The van der Waals surface area contributed by atoms with Gasteiger partial charge in [-0.25, -0.2) is 9.37 Å². The van der Waals surface area contributed by atoms with Crippen molar-refractivity contribution in [3.05, 3.63) is 66.1 Å². The number of benzene rings is 2. The number of carbonyl (C=O) groups is 1. The molecule has 1 aromatic heterocycles. The summed E-state index contributed by atoms with van der Waals surface area (Å²) in [6.07, 6.45) is 2.54. The van der Waals surface area contributed by atoms with Crippen LogP contribution < -0.4 is 0 Å². The Kier molecular flexibility index (Phi) is 5.35. The van der Waals surface area contributed by atoms with E-state index in [1.54, 1.807) is 19.1 Å². The van der Waals surface area contributed by atoms with Crippen LogP contribution in [0.15, 0.2) is 59.7 Å². The summed E-state index contributed by atoms with van der Waals surface area (Å²) in [4.78, 5) is 24.4. The summed E-state index contributed by atoms with van der Waals surface area (Å²) in [5.74, 6) is 0.478. The molecule has 0 radical (unpaired) electrons. The molecule has 1 amide bonds. The number of nitrogens with zero attached hydrogens (tertiary/aromatic N) is 4.